The summed E-state index contributed by atoms with van der Waals surface area (Å²) >= 11 is 0. The largest absolute Gasteiger partial charge is 0.379 e. The van der Waals surface area contributed by atoms with Gasteiger partial charge in [0.2, 0.25) is 5.91 Å². The second-order valence-corrected chi connectivity index (χ2v) is 6.01. The van der Waals surface area contributed by atoms with Crippen LogP contribution in [-0.4, -0.2) is 62.8 Å². The Morgan fingerprint density at radius 3 is 2.55 bits per heavy atom. The van der Waals surface area contributed by atoms with E-state index in [1.807, 2.05) is 7.05 Å². The van der Waals surface area contributed by atoms with Crippen LogP contribution in [0.15, 0.2) is 0 Å². The molecule has 2 rings (SSSR count). The number of hydrogen-bond acceptors (Lipinski definition) is 4. The topological polar surface area (TPSA) is 53.6 Å². The summed E-state index contributed by atoms with van der Waals surface area (Å²) in [7, 11) is 1.88. The van der Waals surface area contributed by atoms with Crippen LogP contribution in [0.2, 0.25) is 0 Å². The van der Waals surface area contributed by atoms with Crippen LogP contribution < -0.4 is 10.6 Å². The number of carbonyl (C=O) groups excluding carboxylic acids is 1. The van der Waals surface area contributed by atoms with Gasteiger partial charge in [-0.3, -0.25) is 9.69 Å². The van der Waals surface area contributed by atoms with Crippen LogP contribution in [0.4, 0.5) is 0 Å². The second kappa shape index (κ2) is 7.96. The monoisotopic (exact) mass is 283 g/mol. The normalized spacial score (nSPS) is 23.4. The van der Waals surface area contributed by atoms with Crippen LogP contribution >= 0.6 is 0 Å². The van der Waals surface area contributed by atoms with Crippen molar-refractivity contribution in [1.29, 1.82) is 0 Å². The average molecular weight is 283 g/mol. The number of hydrogen-bond donors (Lipinski definition) is 2. The van der Waals surface area contributed by atoms with Gasteiger partial charge < -0.3 is 15.4 Å². The smallest absolute Gasteiger partial charge is 0.221 e. The zero-order valence-corrected chi connectivity index (χ0v) is 12.7. The average Bonchev–Trinajstić information content (AvgIpc) is 2.52. The molecule has 0 unspecified atom stereocenters. The highest BCUT2D eigenvalue weighted by atomic mass is 16.5. The lowest BCUT2D eigenvalue weighted by Gasteiger charge is -2.48. The first kappa shape index (κ1) is 15.7. The summed E-state index contributed by atoms with van der Waals surface area (Å²) in [5.41, 5.74) is 0.178. The molecule has 1 aliphatic carbocycles. The fourth-order valence-electron chi connectivity index (χ4n) is 3.44. The van der Waals surface area contributed by atoms with Gasteiger partial charge in [0.1, 0.15) is 0 Å². The first-order valence-electron chi connectivity index (χ1n) is 8.01. The van der Waals surface area contributed by atoms with E-state index in [4.69, 9.17) is 4.74 Å². The van der Waals surface area contributed by atoms with E-state index >= 15 is 0 Å². The third-order valence-electron chi connectivity index (χ3n) is 4.68. The lowest BCUT2D eigenvalue weighted by molar-refractivity contribution is -0.122. The van der Waals surface area contributed by atoms with Crippen LogP contribution in [-0.2, 0) is 9.53 Å². The van der Waals surface area contributed by atoms with Crippen molar-refractivity contribution in [2.45, 2.75) is 44.1 Å². The van der Waals surface area contributed by atoms with Gasteiger partial charge >= 0.3 is 0 Å². The molecule has 1 saturated heterocycles. The third kappa shape index (κ3) is 4.17. The summed E-state index contributed by atoms with van der Waals surface area (Å²) in [6, 6.07) is 0. The van der Waals surface area contributed by atoms with Gasteiger partial charge in [-0.05, 0) is 19.9 Å². The van der Waals surface area contributed by atoms with Crippen molar-refractivity contribution in [1.82, 2.24) is 15.5 Å². The Bertz CT molecular complexity index is 297. The molecule has 0 spiro atoms. The van der Waals surface area contributed by atoms with E-state index in [2.05, 4.69) is 15.5 Å². The van der Waals surface area contributed by atoms with E-state index in [0.717, 1.165) is 39.4 Å². The predicted octanol–water partition coefficient (Wildman–Crippen LogP) is 0.747. The summed E-state index contributed by atoms with van der Waals surface area (Å²) in [6.07, 6.45) is 6.88. The molecule has 0 aromatic heterocycles. The van der Waals surface area contributed by atoms with Crippen molar-refractivity contribution in [3.63, 3.8) is 0 Å². The molecular weight excluding hydrogens is 254 g/mol. The van der Waals surface area contributed by atoms with E-state index in [-0.39, 0.29) is 11.4 Å². The Morgan fingerprint density at radius 1 is 1.20 bits per heavy atom. The Morgan fingerprint density at radius 2 is 1.90 bits per heavy atom. The number of rotatable bonds is 6. The summed E-state index contributed by atoms with van der Waals surface area (Å²) in [4.78, 5) is 14.4. The maximum absolute atomic E-state index is 11.9. The quantitative estimate of drug-likeness (QED) is 0.755. The minimum absolute atomic E-state index is 0.164. The molecule has 1 aliphatic heterocycles. The Hall–Kier alpha value is -0.650. The molecule has 1 saturated carbocycles. The van der Waals surface area contributed by atoms with E-state index < -0.39 is 0 Å². The molecule has 20 heavy (non-hydrogen) atoms. The van der Waals surface area contributed by atoms with Gasteiger partial charge in [0.05, 0.1) is 13.2 Å². The Labute approximate surface area is 122 Å². The Balaban J connectivity index is 1.90. The molecule has 1 heterocycles. The van der Waals surface area contributed by atoms with Crippen molar-refractivity contribution in [3.05, 3.63) is 0 Å². The molecule has 5 heteroatoms. The van der Waals surface area contributed by atoms with Crippen LogP contribution in [0.5, 0.6) is 0 Å². The van der Waals surface area contributed by atoms with Crippen LogP contribution in [0.25, 0.3) is 0 Å². The molecule has 0 atom stereocenters. The summed E-state index contributed by atoms with van der Waals surface area (Å²) in [6.45, 7) is 5.22. The van der Waals surface area contributed by atoms with E-state index in [1.54, 1.807) is 0 Å². The molecule has 0 aromatic carbocycles. The predicted molar refractivity (Wildman–Crippen MR) is 79.8 cm³/mol. The van der Waals surface area contributed by atoms with Gasteiger partial charge in [0.15, 0.2) is 0 Å². The highest BCUT2D eigenvalue weighted by Gasteiger charge is 2.38. The van der Waals surface area contributed by atoms with Gasteiger partial charge in [-0.2, -0.15) is 0 Å². The number of ether oxygens (including phenoxy) is 1. The lowest BCUT2D eigenvalue weighted by atomic mass is 9.79. The minimum Gasteiger partial charge on any atom is -0.379 e. The number of amides is 1. The van der Waals surface area contributed by atoms with Crippen LogP contribution in [0.3, 0.4) is 0 Å². The van der Waals surface area contributed by atoms with E-state index in [1.165, 1.54) is 32.1 Å². The van der Waals surface area contributed by atoms with Gasteiger partial charge in [-0.25, -0.2) is 0 Å². The summed E-state index contributed by atoms with van der Waals surface area (Å²) < 4.78 is 5.48. The molecular formula is C15H29N3O2. The van der Waals surface area contributed by atoms with Gasteiger partial charge in [-0.15, -0.1) is 0 Å². The fourth-order valence-corrected chi connectivity index (χ4v) is 3.44. The highest BCUT2D eigenvalue weighted by molar-refractivity contribution is 5.76. The van der Waals surface area contributed by atoms with Gasteiger partial charge in [0, 0.05) is 38.1 Å². The molecule has 116 valence electrons. The zero-order chi connectivity index (χ0) is 14.3. The third-order valence-corrected chi connectivity index (χ3v) is 4.68. The summed E-state index contributed by atoms with van der Waals surface area (Å²) in [5, 5.41) is 6.19. The van der Waals surface area contributed by atoms with E-state index in [9.17, 15) is 4.79 Å². The molecule has 5 nitrogen and oxygen atoms in total. The highest BCUT2D eigenvalue weighted by Crippen LogP contribution is 2.33. The molecule has 0 aromatic rings. The van der Waals surface area contributed by atoms with Crippen molar-refractivity contribution in [2.75, 3.05) is 46.4 Å². The second-order valence-electron chi connectivity index (χ2n) is 6.01. The molecule has 2 aliphatic rings. The molecule has 0 radical (unpaired) electrons. The first-order chi connectivity index (χ1) is 9.77. The summed E-state index contributed by atoms with van der Waals surface area (Å²) in [5.74, 6) is 0.164. The Kier molecular flexibility index (Phi) is 6.26. The minimum atomic E-state index is 0.164. The van der Waals surface area contributed by atoms with Gasteiger partial charge in [0.25, 0.3) is 0 Å². The standard InChI is InChI=1S/C15H29N3O2/c1-16-8-5-14(19)17-13-15(6-3-2-4-7-15)18-9-11-20-12-10-18/h16H,2-13H2,1H3,(H,17,19). The van der Waals surface area contributed by atoms with Crippen LogP contribution in [0.1, 0.15) is 38.5 Å². The number of morpholine rings is 1. The maximum atomic E-state index is 11.9. The van der Waals surface area contributed by atoms with E-state index in [0.29, 0.717) is 6.42 Å². The number of carbonyl (C=O) groups is 1. The van der Waals surface area contributed by atoms with Crippen molar-refractivity contribution < 1.29 is 9.53 Å². The zero-order valence-electron chi connectivity index (χ0n) is 12.7. The SMILES string of the molecule is CNCCC(=O)NCC1(N2CCOCC2)CCCCC1. The van der Waals surface area contributed by atoms with Crippen molar-refractivity contribution in [2.24, 2.45) is 0 Å². The van der Waals surface area contributed by atoms with Crippen molar-refractivity contribution in [3.8, 4) is 0 Å². The fraction of sp³-hybridized carbons (Fsp3) is 0.933. The maximum Gasteiger partial charge on any atom is 0.221 e. The molecule has 1 amide bonds. The molecule has 2 fully saturated rings. The molecule has 0 bridgehead atoms. The first-order valence-corrected chi connectivity index (χ1v) is 8.01. The van der Waals surface area contributed by atoms with Gasteiger partial charge in [-0.1, -0.05) is 19.3 Å². The van der Waals surface area contributed by atoms with Crippen molar-refractivity contribution >= 4 is 5.91 Å². The lowest BCUT2D eigenvalue weighted by Crippen LogP contribution is -2.59. The number of nitrogens with zero attached hydrogens (tertiary/aromatic N) is 1. The molecule has 2 N–H and O–H groups in total. The number of nitrogens with one attached hydrogen (secondary N) is 2. The van der Waals surface area contributed by atoms with Crippen LogP contribution in [0, 0.1) is 0 Å².